The molecule has 3 nitrogen and oxygen atoms in total. The molecule has 2 aromatic rings. The van der Waals surface area contributed by atoms with Gasteiger partial charge in [0.05, 0.1) is 13.5 Å². The predicted molar refractivity (Wildman–Crippen MR) is 104 cm³/mol. The lowest BCUT2D eigenvalue weighted by Gasteiger charge is -2.21. The molecule has 1 aliphatic heterocycles. The zero-order valence-corrected chi connectivity index (χ0v) is 16.3. The fourth-order valence-electron chi connectivity index (χ4n) is 3.37. The van der Waals surface area contributed by atoms with Crippen LogP contribution in [0.2, 0.25) is 0 Å². The molecular formula is C21H23F2NO2S. The number of rotatable bonds is 4. The van der Waals surface area contributed by atoms with Crippen molar-refractivity contribution >= 4 is 17.7 Å². The standard InChI is InChI=1S/C21H23F2NO2S/c1-14-11-15(3-6-19(14)26-2)12-21(25)24-8-7-20(27-10-9-24)17-13-16(22)4-5-18(17)23/h3-6,11,13,20H,7-10,12H2,1-2H3. The molecule has 1 aliphatic rings. The second-order valence-corrected chi connectivity index (χ2v) is 7.99. The number of hydrogen-bond donors (Lipinski definition) is 0. The van der Waals surface area contributed by atoms with Crippen LogP contribution >= 0.6 is 11.8 Å². The molecule has 0 aromatic heterocycles. The first-order valence-corrected chi connectivity index (χ1v) is 10.0. The first-order valence-electron chi connectivity index (χ1n) is 8.95. The van der Waals surface area contributed by atoms with Gasteiger partial charge in [0, 0.05) is 29.7 Å². The molecule has 0 aliphatic carbocycles. The molecule has 0 N–H and O–H groups in total. The predicted octanol–water partition coefficient (Wildman–Crippen LogP) is 4.53. The van der Waals surface area contributed by atoms with Crippen molar-refractivity contribution in [3.05, 3.63) is 64.7 Å². The van der Waals surface area contributed by atoms with Crippen molar-refractivity contribution in [3.8, 4) is 5.75 Å². The SMILES string of the molecule is COc1ccc(CC(=O)N2CCSC(c3cc(F)ccc3F)CC2)cc1C. The Hall–Kier alpha value is -2.08. The van der Waals surface area contributed by atoms with E-state index in [1.165, 1.54) is 12.1 Å². The van der Waals surface area contributed by atoms with Crippen molar-refractivity contribution in [1.82, 2.24) is 4.90 Å². The van der Waals surface area contributed by atoms with Gasteiger partial charge >= 0.3 is 0 Å². The third-order valence-electron chi connectivity index (χ3n) is 4.81. The number of benzene rings is 2. The maximum Gasteiger partial charge on any atom is 0.227 e. The van der Waals surface area contributed by atoms with Gasteiger partial charge < -0.3 is 9.64 Å². The Morgan fingerprint density at radius 3 is 2.78 bits per heavy atom. The Morgan fingerprint density at radius 2 is 2.04 bits per heavy atom. The van der Waals surface area contributed by atoms with Gasteiger partial charge in [0.1, 0.15) is 17.4 Å². The van der Waals surface area contributed by atoms with Crippen LogP contribution in [0, 0.1) is 18.6 Å². The Kier molecular flexibility index (Phi) is 6.37. The lowest BCUT2D eigenvalue weighted by molar-refractivity contribution is -0.130. The first kappa shape index (κ1) is 19.7. The van der Waals surface area contributed by atoms with Crippen LogP contribution in [0.15, 0.2) is 36.4 Å². The quantitative estimate of drug-likeness (QED) is 0.767. The number of nitrogens with zero attached hydrogens (tertiary/aromatic N) is 1. The van der Waals surface area contributed by atoms with Crippen molar-refractivity contribution in [2.45, 2.75) is 25.0 Å². The Morgan fingerprint density at radius 1 is 1.22 bits per heavy atom. The van der Waals surface area contributed by atoms with E-state index in [0.29, 0.717) is 37.2 Å². The van der Waals surface area contributed by atoms with Gasteiger partial charge in [-0.3, -0.25) is 4.79 Å². The molecule has 0 bridgehead atoms. The van der Waals surface area contributed by atoms with Crippen LogP contribution in [0.4, 0.5) is 8.78 Å². The highest BCUT2D eigenvalue weighted by Crippen LogP contribution is 2.36. The summed E-state index contributed by atoms with van der Waals surface area (Å²) in [6.07, 6.45) is 0.937. The van der Waals surface area contributed by atoms with Gasteiger partial charge in [-0.1, -0.05) is 12.1 Å². The fraction of sp³-hybridized carbons (Fsp3) is 0.381. The number of ether oxygens (including phenoxy) is 1. The average Bonchev–Trinajstić information content (AvgIpc) is 2.90. The van der Waals surface area contributed by atoms with Crippen LogP contribution in [-0.4, -0.2) is 36.8 Å². The molecule has 0 radical (unpaired) electrons. The van der Waals surface area contributed by atoms with E-state index in [1.54, 1.807) is 18.9 Å². The number of hydrogen-bond acceptors (Lipinski definition) is 3. The number of amides is 1. The molecular weight excluding hydrogens is 368 g/mol. The van der Waals surface area contributed by atoms with Gasteiger partial charge in [0.25, 0.3) is 0 Å². The summed E-state index contributed by atoms with van der Waals surface area (Å²) in [4.78, 5) is 14.5. The molecule has 1 unspecified atom stereocenters. The van der Waals surface area contributed by atoms with E-state index in [1.807, 2.05) is 30.0 Å². The maximum atomic E-state index is 14.1. The summed E-state index contributed by atoms with van der Waals surface area (Å²) in [6, 6.07) is 9.32. The summed E-state index contributed by atoms with van der Waals surface area (Å²) < 4.78 is 32.8. The van der Waals surface area contributed by atoms with Gasteiger partial charge in [-0.15, -0.1) is 0 Å². The highest BCUT2D eigenvalue weighted by molar-refractivity contribution is 7.99. The Balaban J connectivity index is 1.64. The van der Waals surface area contributed by atoms with Gasteiger partial charge in [-0.05, 0) is 48.7 Å². The van der Waals surface area contributed by atoms with E-state index in [-0.39, 0.29) is 17.0 Å². The molecule has 6 heteroatoms. The van der Waals surface area contributed by atoms with Crippen LogP contribution in [0.1, 0.15) is 28.4 Å². The lowest BCUT2D eigenvalue weighted by atomic mass is 10.1. The summed E-state index contributed by atoms with van der Waals surface area (Å²) in [5.74, 6) is 0.743. The highest BCUT2D eigenvalue weighted by Gasteiger charge is 2.24. The summed E-state index contributed by atoms with van der Waals surface area (Å²) in [6.45, 7) is 3.11. The minimum Gasteiger partial charge on any atom is -0.496 e. The van der Waals surface area contributed by atoms with Crippen molar-refractivity contribution in [3.63, 3.8) is 0 Å². The monoisotopic (exact) mass is 391 g/mol. The maximum absolute atomic E-state index is 14.1. The second-order valence-electron chi connectivity index (χ2n) is 6.68. The third-order valence-corrected chi connectivity index (χ3v) is 6.12. The topological polar surface area (TPSA) is 29.5 Å². The molecule has 1 fully saturated rings. The summed E-state index contributed by atoms with van der Waals surface area (Å²) in [7, 11) is 1.62. The van der Waals surface area contributed by atoms with E-state index < -0.39 is 5.82 Å². The van der Waals surface area contributed by atoms with Crippen LogP contribution < -0.4 is 4.74 Å². The van der Waals surface area contributed by atoms with Crippen molar-refractivity contribution in [1.29, 1.82) is 0 Å². The van der Waals surface area contributed by atoms with Crippen molar-refractivity contribution in [2.24, 2.45) is 0 Å². The molecule has 2 aromatic carbocycles. The Labute approximate surface area is 162 Å². The minimum atomic E-state index is -0.431. The lowest BCUT2D eigenvalue weighted by Crippen LogP contribution is -2.34. The van der Waals surface area contributed by atoms with E-state index in [0.717, 1.165) is 22.9 Å². The van der Waals surface area contributed by atoms with Gasteiger partial charge in [-0.2, -0.15) is 11.8 Å². The van der Waals surface area contributed by atoms with Gasteiger partial charge in [0.15, 0.2) is 0 Å². The van der Waals surface area contributed by atoms with Gasteiger partial charge in [-0.25, -0.2) is 8.78 Å². The van der Waals surface area contributed by atoms with Gasteiger partial charge in [0.2, 0.25) is 5.91 Å². The van der Waals surface area contributed by atoms with E-state index in [9.17, 15) is 13.6 Å². The molecule has 1 heterocycles. The highest BCUT2D eigenvalue weighted by atomic mass is 32.2. The molecule has 1 saturated heterocycles. The van der Waals surface area contributed by atoms with E-state index in [2.05, 4.69) is 0 Å². The van der Waals surface area contributed by atoms with E-state index in [4.69, 9.17) is 4.74 Å². The van der Waals surface area contributed by atoms with Crippen LogP contribution in [-0.2, 0) is 11.2 Å². The molecule has 1 atom stereocenters. The zero-order valence-electron chi connectivity index (χ0n) is 15.5. The minimum absolute atomic E-state index is 0.0560. The number of methoxy groups -OCH3 is 1. The van der Waals surface area contributed by atoms with Crippen molar-refractivity contribution in [2.75, 3.05) is 26.0 Å². The molecule has 27 heavy (non-hydrogen) atoms. The van der Waals surface area contributed by atoms with E-state index >= 15 is 0 Å². The van der Waals surface area contributed by atoms with Crippen LogP contribution in [0.25, 0.3) is 0 Å². The number of aryl methyl sites for hydroxylation is 1. The molecule has 144 valence electrons. The number of thioether (sulfide) groups is 1. The third kappa shape index (κ3) is 4.80. The first-order chi connectivity index (χ1) is 13.0. The number of halogens is 2. The fourth-order valence-corrected chi connectivity index (χ4v) is 4.61. The number of carbonyl (C=O) groups excluding carboxylic acids is 1. The van der Waals surface area contributed by atoms with Crippen LogP contribution in [0.5, 0.6) is 5.75 Å². The molecule has 0 saturated carbocycles. The smallest absolute Gasteiger partial charge is 0.227 e. The largest absolute Gasteiger partial charge is 0.496 e. The molecule has 0 spiro atoms. The van der Waals surface area contributed by atoms with Crippen molar-refractivity contribution < 1.29 is 18.3 Å². The summed E-state index contributed by atoms with van der Waals surface area (Å²) in [5, 5.41) is -0.137. The second kappa shape index (κ2) is 8.74. The Bertz CT molecular complexity index is 828. The van der Waals surface area contributed by atoms with Crippen LogP contribution in [0.3, 0.4) is 0 Å². The summed E-state index contributed by atoms with van der Waals surface area (Å²) >= 11 is 1.58. The summed E-state index contributed by atoms with van der Waals surface area (Å²) in [5.41, 5.74) is 2.33. The number of carbonyl (C=O) groups is 1. The average molecular weight is 391 g/mol. The zero-order chi connectivity index (χ0) is 19.4. The molecule has 3 rings (SSSR count). The molecule has 1 amide bonds. The normalized spacial score (nSPS) is 17.5.